The number of hydrogen-bond acceptors (Lipinski definition) is 5. The zero-order chi connectivity index (χ0) is 11.7. The highest BCUT2D eigenvalue weighted by atomic mass is 16.6. The van der Waals surface area contributed by atoms with Crippen LogP contribution in [0.5, 0.6) is 0 Å². The SMILES string of the molecule is Cc1cnc(-n2cc([N+](=O)[O-])cn2)c(N)c1. The highest BCUT2D eigenvalue weighted by Crippen LogP contribution is 2.17. The average Bonchev–Trinajstić information content (AvgIpc) is 2.66. The molecule has 0 unspecified atom stereocenters. The lowest BCUT2D eigenvalue weighted by atomic mass is 10.3. The minimum atomic E-state index is -0.520. The standard InChI is InChI=1S/C9H9N5O2/c1-6-2-8(10)9(11-3-6)13-5-7(4-12-13)14(15)16/h2-5H,10H2,1H3. The molecule has 0 spiro atoms. The summed E-state index contributed by atoms with van der Waals surface area (Å²) in [7, 11) is 0. The molecule has 16 heavy (non-hydrogen) atoms. The second-order valence-corrected chi connectivity index (χ2v) is 3.33. The third-order valence-corrected chi connectivity index (χ3v) is 2.03. The molecule has 2 heterocycles. The maximum Gasteiger partial charge on any atom is 0.307 e. The molecule has 0 saturated heterocycles. The highest BCUT2D eigenvalue weighted by Gasteiger charge is 2.12. The van der Waals surface area contributed by atoms with Crippen LogP contribution in [0, 0.1) is 17.0 Å². The zero-order valence-electron chi connectivity index (χ0n) is 8.49. The molecule has 0 saturated carbocycles. The Balaban J connectivity index is 2.46. The van der Waals surface area contributed by atoms with Crippen LogP contribution >= 0.6 is 0 Å². The number of anilines is 1. The van der Waals surface area contributed by atoms with Gasteiger partial charge in [-0.05, 0) is 18.6 Å². The molecule has 0 aliphatic carbocycles. The molecule has 0 radical (unpaired) electrons. The molecular weight excluding hydrogens is 210 g/mol. The molecule has 0 bridgehead atoms. The first-order chi connectivity index (χ1) is 7.58. The van der Waals surface area contributed by atoms with Crippen LogP contribution in [0.1, 0.15) is 5.56 Å². The summed E-state index contributed by atoms with van der Waals surface area (Å²) in [6, 6.07) is 1.73. The van der Waals surface area contributed by atoms with Gasteiger partial charge in [-0.3, -0.25) is 10.1 Å². The predicted molar refractivity (Wildman–Crippen MR) is 57.2 cm³/mol. The Morgan fingerprint density at radius 1 is 1.50 bits per heavy atom. The number of nitrogens with two attached hydrogens (primary N) is 1. The van der Waals surface area contributed by atoms with Gasteiger partial charge in [-0.15, -0.1) is 0 Å². The van der Waals surface area contributed by atoms with Gasteiger partial charge in [0.05, 0.1) is 10.6 Å². The fourth-order valence-corrected chi connectivity index (χ4v) is 1.30. The summed E-state index contributed by atoms with van der Waals surface area (Å²) >= 11 is 0. The summed E-state index contributed by atoms with van der Waals surface area (Å²) < 4.78 is 1.28. The van der Waals surface area contributed by atoms with Crippen molar-refractivity contribution in [3.8, 4) is 5.82 Å². The number of aryl methyl sites for hydroxylation is 1. The van der Waals surface area contributed by atoms with Gasteiger partial charge in [-0.2, -0.15) is 5.10 Å². The third-order valence-electron chi connectivity index (χ3n) is 2.03. The number of pyridine rings is 1. The van der Waals surface area contributed by atoms with Gasteiger partial charge in [0, 0.05) is 6.20 Å². The van der Waals surface area contributed by atoms with Crippen molar-refractivity contribution >= 4 is 11.4 Å². The summed E-state index contributed by atoms with van der Waals surface area (Å²) in [4.78, 5) is 14.0. The van der Waals surface area contributed by atoms with Gasteiger partial charge in [0.2, 0.25) is 0 Å². The zero-order valence-corrected chi connectivity index (χ0v) is 8.49. The molecule has 2 N–H and O–H groups in total. The van der Waals surface area contributed by atoms with E-state index in [1.807, 2.05) is 6.92 Å². The van der Waals surface area contributed by atoms with E-state index in [-0.39, 0.29) is 5.69 Å². The van der Waals surface area contributed by atoms with E-state index >= 15 is 0 Å². The van der Waals surface area contributed by atoms with Gasteiger partial charge >= 0.3 is 5.69 Å². The summed E-state index contributed by atoms with van der Waals surface area (Å²) in [6.45, 7) is 1.86. The van der Waals surface area contributed by atoms with E-state index in [1.165, 1.54) is 10.9 Å². The molecule has 7 heteroatoms. The second kappa shape index (κ2) is 3.61. The topological polar surface area (TPSA) is 99.9 Å². The summed E-state index contributed by atoms with van der Waals surface area (Å²) in [5.74, 6) is 0.388. The van der Waals surface area contributed by atoms with Crippen LogP contribution in [-0.4, -0.2) is 19.7 Å². The number of nitro groups is 1. The maximum absolute atomic E-state index is 10.5. The van der Waals surface area contributed by atoms with Crippen LogP contribution in [0.3, 0.4) is 0 Å². The van der Waals surface area contributed by atoms with Gasteiger partial charge in [0.25, 0.3) is 0 Å². The molecule has 0 aliphatic heterocycles. The molecular formula is C9H9N5O2. The van der Waals surface area contributed by atoms with Crippen molar-refractivity contribution in [2.24, 2.45) is 0 Å². The first kappa shape index (κ1) is 10.1. The molecule has 2 rings (SSSR count). The summed E-state index contributed by atoms with van der Waals surface area (Å²) in [5, 5.41) is 14.3. The van der Waals surface area contributed by atoms with Crippen molar-refractivity contribution in [3.05, 3.63) is 40.3 Å². The van der Waals surface area contributed by atoms with Gasteiger partial charge in [-0.1, -0.05) is 0 Å². The third kappa shape index (κ3) is 1.70. The smallest absolute Gasteiger partial charge is 0.307 e. The second-order valence-electron chi connectivity index (χ2n) is 3.33. The lowest BCUT2D eigenvalue weighted by Gasteiger charge is -2.03. The van der Waals surface area contributed by atoms with Crippen LogP contribution in [-0.2, 0) is 0 Å². The fraction of sp³-hybridized carbons (Fsp3) is 0.111. The Morgan fingerprint density at radius 2 is 2.25 bits per heavy atom. The molecule has 0 aromatic carbocycles. The molecule has 7 nitrogen and oxygen atoms in total. The van der Waals surface area contributed by atoms with Crippen LogP contribution in [0.4, 0.5) is 11.4 Å². The highest BCUT2D eigenvalue weighted by molar-refractivity contribution is 5.54. The van der Waals surface area contributed by atoms with Crippen LogP contribution in [0.2, 0.25) is 0 Å². The first-order valence-corrected chi connectivity index (χ1v) is 4.49. The van der Waals surface area contributed by atoms with Crippen molar-refractivity contribution in [3.63, 3.8) is 0 Å². The van der Waals surface area contributed by atoms with Gasteiger partial charge in [0.15, 0.2) is 5.82 Å². The Kier molecular flexibility index (Phi) is 2.28. The van der Waals surface area contributed by atoms with Crippen molar-refractivity contribution in [2.75, 3.05) is 5.73 Å². The molecule has 82 valence electrons. The van der Waals surface area contributed by atoms with Crippen molar-refractivity contribution in [1.82, 2.24) is 14.8 Å². The van der Waals surface area contributed by atoms with E-state index in [2.05, 4.69) is 10.1 Å². The van der Waals surface area contributed by atoms with E-state index in [4.69, 9.17) is 5.73 Å². The first-order valence-electron chi connectivity index (χ1n) is 4.49. The van der Waals surface area contributed by atoms with Crippen molar-refractivity contribution in [1.29, 1.82) is 0 Å². The Labute approximate surface area is 90.7 Å². The molecule has 0 amide bonds. The van der Waals surface area contributed by atoms with E-state index in [0.717, 1.165) is 11.8 Å². The van der Waals surface area contributed by atoms with Crippen LogP contribution < -0.4 is 5.73 Å². The van der Waals surface area contributed by atoms with Crippen molar-refractivity contribution in [2.45, 2.75) is 6.92 Å². The molecule has 2 aromatic heterocycles. The number of nitrogens with zero attached hydrogens (tertiary/aromatic N) is 4. The summed E-state index contributed by atoms with van der Waals surface area (Å²) in [6.07, 6.45) is 4.05. The Bertz CT molecular complexity index is 549. The largest absolute Gasteiger partial charge is 0.396 e. The number of rotatable bonds is 2. The maximum atomic E-state index is 10.5. The van der Waals surface area contributed by atoms with Gasteiger partial charge in [0.1, 0.15) is 12.4 Å². The van der Waals surface area contributed by atoms with Crippen LogP contribution in [0.25, 0.3) is 5.82 Å². The quantitative estimate of drug-likeness (QED) is 0.601. The number of hydrogen-bond donors (Lipinski definition) is 1. The lowest BCUT2D eigenvalue weighted by molar-refractivity contribution is -0.384. The molecule has 0 fully saturated rings. The minimum absolute atomic E-state index is 0.0956. The predicted octanol–water partition coefficient (Wildman–Crippen LogP) is 1.07. The molecule has 0 atom stereocenters. The molecule has 0 aliphatic rings. The Morgan fingerprint density at radius 3 is 2.81 bits per heavy atom. The lowest BCUT2D eigenvalue weighted by Crippen LogP contribution is -2.03. The van der Waals surface area contributed by atoms with E-state index in [9.17, 15) is 10.1 Å². The van der Waals surface area contributed by atoms with Crippen molar-refractivity contribution < 1.29 is 4.92 Å². The fourth-order valence-electron chi connectivity index (χ4n) is 1.30. The van der Waals surface area contributed by atoms with Gasteiger partial charge < -0.3 is 5.73 Å². The number of aromatic nitrogens is 3. The summed E-state index contributed by atoms with van der Waals surface area (Å²) in [5.41, 5.74) is 7.00. The van der Waals surface area contributed by atoms with Crippen LogP contribution in [0.15, 0.2) is 24.7 Å². The average molecular weight is 219 g/mol. The monoisotopic (exact) mass is 219 g/mol. The van der Waals surface area contributed by atoms with Gasteiger partial charge in [-0.25, -0.2) is 9.67 Å². The molecule has 2 aromatic rings. The normalized spacial score (nSPS) is 10.3. The number of nitrogen functional groups attached to an aromatic ring is 1. The van der Waals surface area contributed by atoms with E-state index in [1.54, 1.807) is 12.3 Å². The Hall–Kier alpha value is -2.44. The van der Waals surface area contributed by atoms with E-state index < -0.39 is 4.92 Å². The minimum Gasteiger partial charge on any atom is -0.396 e. The van der Waals surface area contributed by atoms with E-state index in [0.29, 0.717) is 11.5 Å².